The van der Waals surface area contributed by atoms with Crippen molar-refractivity contribution in [3.63, 3.8) is 0 Å². The van der Waals surface area contributed by atoms with Crippen molar-refractivity contribution in [2.45, 2.75) is 0 Å². The lowest BCUT2D eigenvalue weighted by Gasteiger charge is -2.11. The minimum Gasteiger partial charge on any atom is -0.455 e. The molecule has 0 aliphatic rings. The monoisotopic (exact) mass is 743 g/mol. The quantitative estimate of drug-likeness (QED) is 0.179. The molecule has 13 rings (SSSR count). The van der Waals surface area contributed by atoms with Gasteiger partial charge in [0.15, 0.2) is 17.2 Å². The van der Waals surface area contributed by atoms with E-state index in [1.807, 2.05) is 42.5 Å². The van der Waals surface area contributed by atoms with Crippen LogP contribution in [0, 0.1) is 0 Å². The maximum Gasteiger partial charge on any atom is 0.238 e. The van der Waals surface area contributed by atoms with Crippen molar-refractivity contribution < 1.29 is 8.83 Å². The van der Waals surface area contributed by atoms with Gasteiger partial charge in [-0.2, -0.15) is 9.97 Å². The Balaban J connectivity index is 1.11. The van der Waals surface area contributed by atoms with Crippen molar-refractivity contribution in [2.75, 3.05) is 0 Å². The van der Waals surface area contributed by atoms with Gasteiger partial charge in [-0.15, -0.1) is 0 Å². The number of rotatable bonds is 4. The third-order valence-corrected chi connectivity index (χ3v) is 11.6. The van der Waals surface area contributed by atoms with Crippen LogP contribution in [0.5, 0.6) is 0 Å². The maximum atomic E-state index is 6.88. The fourth-order valence-electron chi connectivity index (χ4n) is 9.14. The van der Waals surface area contributed by atoms with Gasteiger partial charge in [0.25, 0.3) is 0 Å². The van der Waals surface area contributed by atoms with Gasteiger partial charge in [-0.3, -0.25) is 4.57 Å². The molecule has 0 aliphatic heterocycles. The summed E-state index contributed by atoms with van der Waals surface area (Å²) in [6.07, 6.45) is 0. The fraction of sp³-hybridized carbons (Fsp3) is 0. The molecule has 0 bridgehead atoms. The van der Waals surface area contributed by atoms with E-state index >= 15 is 0 Å². The number of furan rings is 2. The molecule has 58 heavy (non-hydrogen) atoms. The molecule has 0 saturated carbocycles. The molecule has 5 heterocycles. The van der Waals surface area contributed by atoms with Crippen LogP contribution in [0.25, 0.3) is 122 Å². The second-order valence-electron chi connectivity index (χ2n) is 14.7. The predicted molar refractivity (Wildman–Crippen MR) is 234 cm³/mol. The standard InChI is InChI=1S/C51H29N5O2/c1-6-23-39-30(14-1)31-15-2-7-24-40(31)55(39)43-27-12-20-36-46-37(21-13-29-45(46)58-48(36)43)49-52-50(38-22-11-19-35-34-18-5-10-28-44(34)57-47(35)38)54-51(53-49)56-41-25-8-3-16-32(41)33-17-4-9-26-42(33)56/h1-29H. The van der Waals surface area contributed by atoms with E-state index in [9.17, 15) is 0 Å². The van der Waals surface area contributed by atoms with E-state index in [1.54, 1.807) is 0 Å². The summed E-state index contributed by atoms with van der Waals surface area (Å²) in [4.78, 5) is 15.9. The van der Waals surface area contributed by atoms with Gasteiger partial charge in [-0.25, -0.2) is 4.98 Å². The number of benzene rings is 8. The highest BCUT2D eigenvalue weighted by Crippen LogP contribution is 2.42. The highest BCUT2D eigenvalue weighted by molar-refractivity contribution is 6.16. The average molecular weight is 744 g/mol. The lowest BCUT2D eigenvalue weighted by molar-refractivity contribution is 0.666. The lowest BCUT2D eigenvalue weighted by atomic mass is 10.0. The Kier molecular flexibility index (Phi) is 6.32. The molecular formula is C51H29N5O2. The first-order valence-electron chi connectivity index (χ1n) is 19.4. The van der Waals surface area contributed by atoms with Crippen molar-refractivity contribution in [3.05, 3.63) is 176 Å². The van der Waals surface area contributed by atoms with Crippen LogP contribution >= 0.6 is 0 Å². The first-order valence-corrected chi connectivity index (χ1v) is 19.4. The highest BCUT2D eigenvalue weighted by atomic mass is 16.3. The second kappa shape index (κ2) is 11.7. The second-order valence-corrected chi connectivity index (χ2v) is 14.7. The van der Waals surface area contributed by atoms with Gasteiger partial charge in [0, 0.05) is 48.7 Å². The number of aromatic nitrogens is 5. The van der Waals surface area contributed by atoms with E-state index in [-0.39, 0.29) is 0 Å². The Morgan fingerprint density at radius 3 is 1.47 bits per heavy atom. The zero-order valence-electron chi connectivity index (χ0n) is 30.8. The van der Waals surface area contributed by atoms with Crippen LogP contribution in [0.2, 0.25) is 0 Å². The van der Waals surface area contributed by atoms with Gasteiger partial charge in [0.2, 0.25) is 5.95 Å². The molecule has 0 fully saturated rings. The smallest absolute Gasteiger partial charge is 0.238 e. The summed E-state index contributed by atoms with van der Waals surface area (Å²) in [7, 11) is 0. The van der Waals surface area contributed by atoms with Crippen molar-refractivity contribution >= 4 is 87.5 Å². The molecule has 7 nitrogen and oxygen atoms in total. The Bertz CT molecular complexity index is 3720. The zero-order chi connectivity index (χ0) is 37.9. The normalized spacial score (nSPS) is 12.1. The van der Waals surface area contributed by atoms with Crippen LogP contribution < -0.4 is 0 Å². The van der Waals surface area contributed by atoms with Gasteiger partial charge in [0.05, 0.1) is 33.3 Å². The van der Waals surface area contributed by atoms with Gasteiger partial charge < -0.3 is 13.4 Å². The van der Waals surface area contributed by atoms with E-state index < -0.39 is 0 Å². The number of fused-ring (bicyclic) bond motifs is 12. The Morgan fingerprint density at radius 1 is 0.328 bits per heavy atom. The molecule has 0 spiro atoms. The topological polar surface area (TPSA) is 74.8 Å². The van der Waals surface area contributed by atoms with Crippen molar-refractivity contribution in [1.29, 1.82) is 0 Å². The minimum absolute atomic E-state index is 0.515. The summed E-state index contributed by atoms with van der Waals surface area (Å²) < 4.78 is 17.9. The summed E-state index contributed by atoms with van der Waals surface area (Å²) in [6, 6.07) is 60.7. The third-order valence-electron chi connectivity index (χ3n) is 11.6. The number of hydrogen-bond donors (Lipinski definition) is 0. The van der Waals surface area contributed by atoms with Crippen molar-refractivity contribution in [3.8, 4) is 34.4 Å². The van der Waals surface area contributed by atoms with Gasteiger partial charge in [-0.05, 0) is 48.5 Å². The van der Waals surface area contributed by atoms with Gasteiger partial charge >= 0.3 is 0 Å². The summed E-state index contributed by atoms with van der Waals surface area (Å²) in [5, 5.41) is 8.61. The molecule has 0 aliphatic carbocycles. The Hall–Kier alpha value is -8.03. The molecular weight excluding hydrogens is 715 g/mol. The van der Waals surface area contributed by atoms with E-state index in [4.69, 9.17) is 23.8 Å². The largest absolute Gasteiger partial charge is 0.455 e. The third kappa shape index (κ3) is 4.30. The van der Waals surface area contributed by atoms with Crippen LogP contribution in [-0.2, 0) is 0 Å². The molecule has 13 aromatic rings. The van der Waals surface area contributed by atoms with Crippen LogP contribution in [-0.4, -0.2) is 24.1 Å². The minimum atomic E-state index is 0.515. The average Bonchev–Trinajstić information content (AvgIpc) is 4.04. The summed E-state index contributed by atoms with van der Waals surface area (Å²) in [6.45, 7) is 0. The van der Waals surface area contributed by atoms with Crippen LogP contribution in [0.1, 0.15) is 0 Å². The molecule has 8 aromatic carbocycles. The van der Waals surface area contributed by atoms with Gasteiger partial charge in [-0.1, -0.05) is 127 Å². The Labute approximate surface area is 329 Å². The van der Waals surface area contributed by atoms with E-state index in [2.05, 4.69) is 143 Å². The number of para-hydroxylation sites is 7. The predicted octanol–water partition coefficient (Wildman–Crippen LogP) is 13.2. The molecule has 270 valence electrons. The molecule has 7 heteroatoms. The molecule has 0 unspecified atom stereocenters. The van der Waals surface area contributed by atoms with Crippen LogP contribution in [0.4, 0.5) is 0 Å². The molecule has 0 saturated heterocycles. The molecule has 0 radical (unpaired) electrons. The highest BCUT2D eigenvalue weighted by Gasteiger charge is 2.24. The van der Waals surface area contributed by atoms with E-state index in [0.717, 1.165) is 93.5 Å². The summed E-state index contributed by atoms with van der Waals surface area (Å²) >= 11 is 0. The van der Waals surface area contributed by atoms with E-state index in [1.165, 1.54) is 10.8 Å². The summed E-state index contributed by atoms with van der Waals surface area (Å²) in [5.74, 6) is 1.56. The van der Waals surface area contributed by atoms with Crippen LogP contribution in [0.3, 0.4) is 0 Å². The summed E-state index contributed by atoms with van der Waals surface area (Å²) in [5.41, 5.74) is 9.96. The first-order chi connectivity index (χ1) is 28.8. The SMILES string of the molecule is c1ccc2c(c1)oc1c(-c3nc(-c4cccc5oc6c(-n7c8ccccc8c8ccccc87)cccc6c45)nc(-n4c5ccccc5c5ccccc54)n3)cccc12. The Morgan fingerprint density at radius 2 is 0.793 bits per heavy atom. The van der Waals surface area contributed by atoms with Crippen molar-refractivity contribution in [1.82, 2.24) is 24.1 Å². The number of hydrogen-bond acceptors (Lipinski definition) is 5. The molecule has 5 aromatic heterocycles. The fourth-order valence-corrected chi connectivity index (χ4v) is 9.14. The maximum absolute atomic E-state index is 6.88. The molecule has 0 amide bonds. The molecule has 0 N–H and O–H groups in total. The zero-order valence-corrected chi connectivity index (χ0v) is 30.8. The van der Waals surface area contributed by atoms with E-state index in [0.29, 0.717) is 17.6 Å². The first kappa shape index (κ1) is 31.2. The van der Waals surface area contributed by atoms with Gasteiger partial charge in [0.1, 0.15) is 16.7 Å². The number of nitrogens with zero attached hydrogens (tertiary/aromatic N) is 5. The molecule has 0 atom stereocenters. The van der Waals surface area contributed by atoms with Crippen LogP contribution in [0.15, 0.2) is 185 Å². The van der Waals surface area contributed by atoms with Crippen molar-refractivity contribution in [2.24, 2.45) is 0 Å². The lowest BCUT2D eigenvalue weighted by Crippen LogP contribution is -2.06.